The van der Waals surface area contributed by atoms with Crippen molar-refractivity contribution in [1.29, 1.82) is 0 Å². The molecule has 1 aliphatic heterocycles. The Bertz CT molecular complexity index is 1450. The highest BCUT2D eigenvalue weighted by molar-refractivity contribution is 6.44. The molecule has 2 unspecified atom stereocenters. The van der Waals surface area contributed by atoms with Crippen LogP contribution in [0.2, 0.25) is 0 Å². The Morgan fingerprint density at radius 3 is 2.58 bits per heavy atom. The maximum Gasteiger partial charge on any atom is 0.293 e. The summed E-state index contributed by atoms with van der Waals surface area (Å²) in [6.07, 6.45) is -1.58. The van der Waals surface area contributed by atoms with Crippen LogP contribution >= 0.6 is 0 Å². The predicted octanol–water partition coefficient (Wildman–Crippen LogP) is 2.63. The molecule has 2 aliphatic carbocycles. The number of pyridine rings is 1. The highest BCUT2D eigenvalue weighted by atomic mass is 19.3. The molecule has 0 aromatic carbocycles. The molecule has 2 saturated carbocycles. The maximum atomic E-state index is 14.5. The van der Waals surface area contributed by atoms with Crippen molar-refractivity contribution in [3.8, 4) is 0 Å². The van der Waals surface area contributed by atoms with Gasteiger partial charge in [0.1, 0.15) is 11.4 Å². The highest BCUT2D eigenvalue weighted by Gasteiger charge is 2.59. The summed E-state index contributed by atoms with van der Waals surface area (Å²) in [4.78, 5) is 43.2. The molecule has 5 rings (SSSR count). The van der Waals surface area contributed by atoms with E-state index in [0.29, 0.717) is 12.1 Å². The molecule has 2 atom stereocenters. The van der Waals surface area contributed by atoms with Crippen LogP contribution in [0, 0.1) is 18.7 Å². The second-order valence-corrected chi connectivity index (χ2v) is 10.3. The number of hydrogen-bond donors (Lipinski definition) is 5. The zero-order valence-corrected chi connectivity index (χ0v) is 21.4. The third-order valence-corrected chi connectivity index (χ3v) is 7.64. The Morgan fingerprint density at radius 2 is 1.95 bits per heavy atom. The van der Waals surface area contributed by atoms with Gasteiger partial charge >= 0.3 is 0 Å². The SMILES string of the molecule is CNNC=C(N)C1(NC(=O)C(=O)c2c(C)c(C(=O)Nc3ccnc(C(F)F)c3F)n3c2CC2CC23)CC(F)(F)C1. The van der Waals surface area contributed by atoms with Crippen molar-refractivity contribution in [2.75, 3.05) is 12.4 Å². The van der Waals surface area contributed by atoms with Crippen LogP contribution in [0.15, 0.2) is 24.2 Å². The number of carbonyl (C=O) groups is 3. The fourth-order valence-corrected chi connectivity index (χ4v) is 5.70. The number of anilines is 1. The highest BCUT2D eigenvalue weighted by Crippen LogP contribution is 2.54. The first kappa shape index (κ1) is 27.6. The average Bonchev–Trinajstić information content (AvgIpc) is 3.44. The molecule has 0 saturated heterocycles. The van der Waals surface area contributed by atoms with Crippen molar-refractivity contribution in [3.05, 3.63) is 58.2 Å². The van der Waals surface area contributed by atoms with Gasteiger partial charge < -0.3 is 26.4 Å². The smallest absolute Gasteiger partial charge is 0.293 e. The molecular weight excluding hydrogens is 541 g/mol. The topological polar surface area (TPSA) is 143 Å². The number of aromatic nitrogens is 2. The molecule has 2 fully saturated rings. The van der Waals surface area contributed by atoms with Gasteiger partial charge in [-0.15, -0.1) is 0 Å². The van der Waals surface area contributed by atoms with E-state index in [1.165, 1.54) is 20.2 Å². The first-order chi connectivity index (χ1) is 18.8. The Hall–Kier alpha value is -4.01. The van der Waals surface area contributed by atoms with E-state index in [1.54, 1.807) is 4.57 Å². The largest absolute Gasteiger partial charge is 0.399 e. The van der Waals surface area contributed by atoms with Crippen LogP contribution in [0.25, 0.3) is 0 Å². The Balaban J connectivity index is 1.45. The van der Waals surface area contributed by atoms with Crippen LogP contribution < -0.4 is 27.2 Å². The number of carbonyl (C=O) groups excluding carboxylic acids is 3. The van der Waals surface area contributed by atoms with Gasteiger partial charge in [0.25, 0.3) is 29.9 Å². The normalized spacial score (nSPS) is 21.8. The first-order valence-corrected chi connectivity index (χ1v) is 12.4. The van der Waals surface area contributed by atoms with E-state index in [0.717, 1.165) is 18.7 Å². The summed E-state index contributed by atoms with van der Waals surface area (Å²) < 4.78 is 70.1. The summed E-state index contributed by atoms with van der Waals surface area (Å²) in [5.74, 6) is -7.44. The van der Waals surface area contributed by atoms with Crippen LogP contribution in [0.1, 0.15) is 69.5 Å². The molecule has 40 heavy (non-hydrogen) atoms. The zero-order valence-electron chi connectivity index (χ0n) is 21.4. The average molecular weight is 568 g/mol. The van der Waals surface area contributed by atoms with Crippen LogP contribution in [0.3, 0.4) is 0 Å². The van der Waals surface area contributed by atoms with Gasteiger partial charge in [-0.3, -0.25) is 19.4 Å². The first-order valence-electron chi connectivity index (χ1n) is 12.4. The van der Waals surface area contributed by atoms with E-state index in [4.69, 9.17) is 5.73 Å². The number of ketones is 1. The Morgan fingerprint density at radius 1 is 1.25 bits per heavy atom. The quantitative estimate of drug-likeness (QED) is 0.136. The number of alkyl halides is 4. The number of hydrogen-bond acceptors (Lipinski definition) is 7. The van der Waals surface area contributed by atoms with Crippen molar-refractivity contribution >= 4 is 23.3 Å². The lowest BCUT2D eigenvalue weighted by Crippen LogP contribution is -2.65. The summed E-state index contributed by atoms with van der Waals surface area (Å²) >= 11 is 0. The van der Waals surface area contributed by atoms with Crippen molar-refractivity contribution in [2.24, 2.45) is 11.7 Å². The molecule has 15 heteroatoms. The molecule has 0 radical (unpaired) electrons. The number of hydrazine groups is 1. The molecule has 6 N–H and O–H groups in total. The molecule has 214 valence electrons. The lowest BCUT2D eigenvalue weighted by atomic mass is 9.71. The zero-order chi connectivity index (χ0) is 29.1. The number of halogens is 5. The molecule has 3 heterocycles. The minimum atomic E-state index is -3.21. The summed E-state index contributed by atoms with van der Waals surface area (Å²) in [5, 5.41) is 4.64. The van der Waals surface area contributed by atoms with E-state index >= 15 is 0 Å². The molecular formula is C25H26F5N7O3. The van der Waals surface area contributed by atoms with Gasteiger partial charge in [-0.2, -0.15) is 0 Å². The number of fused-ring (bicyclic) bond motifs is 3. The van der Waals surface area contributed by atoms with Crippen LogP contribution in [0.4, 0.5) is 27.6 Å². The maximum absolute atomic E-state index is 14.5. The van der Waals surface area contributed by atoms with E-state index in [1.807, 2.05) is 0 Å². The molecule has 3 aliphatic rings. The van der Waals surface area contributed by atoms with Gasteiger partial charge in [-0.1, -0.05) is 0 Å². The van der Waals surface area contributed by atoms with Crippen LogP contribution in [-0.4, -0.2) is 45.7 Å². The number of nitrogens with one attached hydrogen (secondary N) is 4. The van der Waals surface area contributed by atoms with Crippen LogP contribution in [-0.2, 0) is 11.2 Å². The minimum absolute atomic E-state index is 0.0199. The summed E-state index contributed by atoms with van der Waals surface area (Å²) in [6, 6.07) is 0.900. The fourth-order valence-electron chi connectivity index (χ4n) is 5.70. The van der Waals surface area contributed by atoms with Crippen molar-refractivity contribution in [1.82, 2.24) is 25.7 Å². The lowest BCUT2D eigenvalue weighted by molar-refractivity contribution is -0.137. The number of Topliss-reactive ketones (excluding diaryl/α,β-unsaturated/α-hetero) is 1. The molecule has 0 spiro atoms. The molecule has 0 bridgehead atoms. The van der Waals surface area contributed by atoms with E-state index in [2.05, 4.69) is 26.5 Å². The van der Waals surface area contributed by atoms with Gasteiger partial charge in [0, 0.05) is 44.0 Å². The predicted molar refractivity (Wildman–Crippen MR) is 131 cm³/mol. The third kappa shape index (κ3) is 4.47. The van der Waals surface area contributed by atoms with Gasteiger partial charge in [0.05, 0.1) is 22.5 Å². The number of amides is 2. The van der Waals surface area contributed by atoms with Gasteiger partial charge in [0.2, 0.25) is 0 Å². The summed E-state index contributed by atoms with van der Waals surface area (Å²) in [6.45, 7) is 1.43. The summed E-state index contributed by atoms with van der Waals surface area (Å²) in [7, 11) is 1.52. The lowest BCUT2D eigenvalue weighted by Gasteiger charge is -2.47. The van der Waals surface area contributed by atoms with Crippen molar-refractivity contribution in [2.45, 2.75) is 56.5 Å². The summed E-state index contributed by atoms with van der Waals surface area (Å²) in [5.41, 5.74) is 8.10. The van der Waals surface area contributed by atoms with Crippen molar-refractivity contribution < 1.29 is 36.3 Å². The Kier molecular flexibility index (Phi) is 6.59. The monoisotopic (exact) mass is 567 g/mol. The number of rotatable bonds is 9. The fraction of sp³-hybridized carbons (Fsp3) is 0.440. The van der Waals surface area contributed by atoms with E-state index in [9.17, 15) is 36.3 Å². The minimum Gasteiger partial charge on any atom is -0.399 e. The number of nitrogens with zero attached hydrogens (tertiary/aromatic N) is 2. The number of nitrogens with two attached hydrogens (primary N) is 1. The molecule has 2 aromatic heterocycles. The van der Waals surface area contributed by atoms with Gasteiger partial charge in [-0.25, -0.2) is 27.4 Å². The van der Waals surface area contributed by atoms with Crippen LogP contribution in [0.5, 0.6) is 0 Å². The van der Waals surface area contributed by atoms with Crippen molar-refractivity contribution in [3.63, 3.8) is 0 Å². The molecule has 2 amide bonds. The second-order valence-electron chi connectivity index (χ2n) is 10.3. The van der Waals surface area contributed by atoms with Gasteiger partial charge in [0.15, 0.2) is 5.82 Å². The molecule has 10 nitrogen and oxygen atoms in total. The molecule has 2 aromatic rings. The van der Waals surface area contributed by atoms with E-state index in [-0.39, 0.29) is 34.5 Å². The standard InChI is InChI=1S/C25H26F5N7O3/c1-10-16(20(38)23(40)36-24(8-25(29,30)9-24)15(31)7-34-32-2)14-6-11-5-13(11)37(14)19(10)22(39)35-12-3-4-33-18(17(12)26)21(27)28/h3-4,7,11,13,21,32,34H,5-6,8-9,31H2,1-2H3,(H,36,40)(H,33,35,39). The third-order valence-electron chi connectivity index (χ3n) is 7.64. The second kappa shape index (κ2) is 9.57. The van der Waals surface area contributed by atoms with E-state index < -0.39 is 65.5 Å². The Labute approximate surface area is 224 Å². The van der Waals surface area contributed by atoms with Gasteiger partial charge in [-0.05, 0) is 37.3 Å².